The molecule has 0 aliphatic rings. The Morgan fingerprint density at radius 1 is 1.09 bits per heavy atom. The maximum atomic E-state index is 5.66. The minimum Gasteiger partial charge on any atom is -0.235 e. The number of halogens is 3. The maximum absolute atomic E-state index is 5.66. The molecular weight excluding hydrogens is 206 g/mol. The number of alkyl halides is 2. The van der Waals surface area contributed by atoms with Gasteiger partial charge in [0.05, 0.1) is 11.9 Å². The first kappa shape index (κ1) is 9.14. The van der Waals surface area contributed by atoms with Crippen molar-refractivity contribution in [2.45, 2.75) is 4.52 Å². The van der Waals surface area contributed by atoms with Gasteiger partial charge in [0.2, 0.25) is 0 Å². The van der Waals surface area contributed by atoms with Crippen molar-refractivity contribution >= 4 is 35.1 Å². The monoisotopic (exact) mass is 210 g/mol. The van der Waals surface area contributed by atoms with E-state index in [1.807, 2.05) is 6.07 Å². The molecule has 0 saturated heterocycles. The van der Waals surface area contributed by atoms with Crippen molar-refractivity contribution in [1.82, 2.24) is 0 Å². The van der Waals surface area contributed by atoms with Crippen molar-refractivity contribution in [2.75, 3.05) is 0 Å². The van der Waals surface area contributed by atoms with Crippen molar-refractivity contribution in [1.29, 1.82) is 0 Å². The molecule has 0 spiro atoms. The van der Waals surface area contributed by atoms with Crippen LogP contribution in [0.5, 0.6) is 0 Å². The Hall–Kier alpha value is 0.0500. The van der Waals surface area contributed by atoms with Crippen LogP contribution in [0.15, 0.2) is 30.3 Å². The largest absolute Gasteiger partial charge is 0.262 e. The fourth-order valence-electron chi connectivity index (χ4n) is 0.677. The molecule has 1 aromatic carbocycles. The Morgan fingerprint density at radius 2 is 1.64 bits per heavy atom. The number of benzene rings is 1. The van der Waals surface area contributed by atoms with E-state index in [9.17, 15) is 0 Å². The lowest BCUT2D eigenvalue weighted by molar-refractivity contribution is 0.274. The molecule has 0 atom stereocenters. The van der Waals surface area contributed by atoms with E-state index in [0.717, 1.165) is 0 Å². The quantitative estimate of drug-likeness (QED) is 0.681. The standard InChI is InChI=1S/C7H5Cl3O/c8-7(9,11-10)6-4-2-1-3-5-6/h1-5H. The highest BCUT2D eigenvalue weighted by Crippen LogP contribution is 2.35. The highest BCUT2D eigenvalue weighted by atomic mass is 35.5. The molecule has 11 heavy (non-hydrogen) atoms. The second-order valence-corrected chi connectivity index (χ2v) is 3.37. The van der Waals surface area contributed by atoms with Crippen LogP contribution in [0.3, 0.4) is 0 Å². The van der Waals surface area contributed by atoms with E-state index in [-0.39, 0.29) is 0 Å². The Balaban J connectivity index is 2.93. The molecule has 0 aliphatic carbocycles. The van der Waals surface area contributed by atoms with E-state index in [0.29, 0.717) is 5.56 Å². The van der Waals surface area contributed by atoms with Crippen LogP contribution < -0.4 is 0 Å². The van der Waals surface area contributed by atoms with Gasteiger partial charge >= 0.3 is 0 Å². The number of hydrogen-bond acceptors (Lipinski definition) is 1. The predicted molar refractivity (Wildman–Crippen MR) is 46.8 cm³/mol. The van der Waals surface area contributed by atoms with Crippen LogP contribution in [0.2, 0.25) is 0 Å². The first-order valence-electron chi connectivity index (χ1n) is 2.90. The van der Waals surface area contributed by atoms with Crippen LogP contribution in [0.4, 0.5) is 0 Å². The SMILES string of the molecule is ClOC(Cl)(Cl)c1ccccc1. The van der Waals surface area contributed by atoms with E-state index in [2.05, 4.69) is 4.29 Å². The number of hydrogen-bond donors (Lipinski definition) is 0. The first-order valence-corrected chi connectivity index (χ1v) is 3.96. The summed E-state index contributed by atoms with van der Waals surface area (Å²) in [4.78, 5) is 0. The zero-order valence-corrected chi connectivity index (χ0v) is 7.70. The van der Waals surface area contributed by atoms with Gasteiger partial charge in [-0.05, 0) is 0 Å². The van der Waals surface area contributed by atoms with Gasteiger partial charge in [0.1, 0.15) is 0 Å². The molecule has 1 nitrogen and oxygen atoms in total. The Labute approximate surface area is 80.0 Å². The van der Waals surface area contributed by atoms with Crippen molar-refractivity contribution in [3.05, 3.63) is 35.9 Å². The molecule has 0 aromatic heterocycles. The Bertz CT molecular complexity index is 222. The van der Waals surface area contributed by atoms with Gasteiger partial charge in [-0.25, -0.2) is 4.29 Å². The fourth-order valence-corrected chi connectivity index (χ4v) is 1.02. The highest BCUT2D eigenvalue weighted by Gasteiger charge is 2.26. The van der Waals surface area contributed by atoms with Crippen molar-refractivity contribution < 1.29 is 4.29 Å². The molecule has 0 saturated carbocycles. The minimum atomic E-state index is -1.46. The van der Waals surface area contributed by atoms with Gasteiger partial charge in [0, 0.05) is 5.56 Å². The van der Waals surface area contributed by atoms with E-state index in [1.165, 1.54) is 0 Å². The fraction of sp³-hybridized carbons (Fsp3) is 0.143. The molecule has 1 rings (SSSR count). The lowest BCUT2D eigenvalue weighted by atomic mass is 10.2. The Kier molecular flexibility index (Phi) is 3.02. The molecule has 4 heteroatoms. The first-order chi connectivity index (χ1) is 5.17. The van der Waals surface area contributed by atoms with E-state index in [1.54, 1.807) is 24.3 Å². The summed E-state index contributed by atoms with van der Waals surface area (Å²) in [5.74, 6) is 0. The molecule has 60 valence electrons. The summed E-state index contributed by atoms with van der Waals surface area (Å²) < 4.78 is 2.87. The normalized spacial score (nSPS) is 11.5. The van der Waals surface area contributed by atoms with Gasteiger partial charge in [-0.2, -0.15) is 0 Å². The Morgan fingerprint density at radius 3 is 2.09 bits per heavy atom. The smallest absolute Gasteiger partial charge is 0.235 e. The lowest BCUT2D eigenvalue weighted by Crippen LogP contribution is -2.09. The maximum Gasteiger partial charge on any atom is 0.262 e. The van der Waals surface area contributed by atoms with Gasteiger partial charge in [0.25, 0.3) is 4.52 Å². The van der Waals surface area contributed by atoms with Crippen LogP contribution in [0.25, 0.3) is 0 Å². The van der Waals surface area contributed by atoms with Crippen LogP contribution in [-0.4, -0.2) is 0 Å². The molecule has 0 amide bonds. The molecule has 0 N–H and O–H groups in total. The molecule has 0 aliphatic heterocycles. The van der Waals surface area contributed by atoms with Crippen molar-refractivity contribution in [3.8, 4) is 0 Å². The summed E-state index contributed by atoms with van der Waals surface area (Å²) >= 11 is 16.4. The summed E-state index contributed by atoms with van der Waals surface area (Å²) in [7, 11) is 0. The van der Waals surface area contributed by atoms with Gasteiger partial charge in [-0.15, -0.1) is 0 Å². The molecule has 1 aromatic rings. The molecule has 0 bridgehead atoms. The van der Waals surface area contributed by atoms with E-state index in [4.69, 9.17) is 35.1 Å². The summed E-state index contributed by atoms with van der Waals surface area (Å²) in [5, 5.41) is 0. The zero-order valence-electron chi connectivity index (χ0n) is 5.43. The number of rotatable bonds is 2. The van der Waals surface area contributed by atoms with Crippen LogP contribution in [0, 0.1) is 0 Å². The van der Waals surface area contributed by atoms with Crippen molar-refractivity contribution in [3.63, 3.8) is 0 Å². The molecular formula is C7H5Cl3O. The molecule has 0 heterocycles. The summed E-state index contributed by atoms with van der Waals surface area (Å²) in [6, 6.07) is 8.89. The molecule has 0 fully saturated rings. The van der Waals surface area contributed by atoms with Crippen molar-refractivity contribution in [2.24, 2.45) is 0 Å². The zero-order chi connectivity index (χ0) is 8.32. The average Bonchev–Trinajstić information content (AvgIpc) is 2.06. The van der Waals surface area contributed by atoms with Crippen LogP contribution in [0.1, 0.15) is 5.56 Å². The highest BCUT2D eigenvalue weighted by molar-refractivity contribution is 6.47. The second kappa shape index (κ2) is 3.63. The van der Waals surface area contributed by atoms with E-state index < -0.39 is 4.52 Å². The van der Waals surface area contributed by atoms with Gasteiger partial charge < -0.3 is 0 Å². The average molecular weight is 211 g/mol. The molecule has 0 unspecified atom stereocenters. The molecule has 0 radical (unpaired) electrons. The predicted octanol–water partition coefficient (Wildman–Crippen LogP) is 3.44. The summed E-state index contributed by atoms with van der Waals surface area (Å²) in [5.41, 5.74) is 0.610. The topological polar surface area (TPSA) is 9.23 Å². The lowest BCUT2D eigenvalue weighted by Gasteiger charge is -2.14. The van der Waals surface area contributed by atoms with Crippen LogP contribution in [-0.2, 0) is 8.81 Å². The summed E-state index contributed by atoms with van der Waals surface area (Å²) in [6.45, 7) is 0. The minimum absolute atomic E-state index is 0.610. The van der Waals surface area contributed by atoms with Crippen LogP contribution >= 0.6 is 35.1 Å². The second-order valence-electron chi connectivity index (χ2n) is 1.96. The third-order valence-electron chi connectivity index (χ3n) is 1.21. The van der Waals surface area contributed by atoms with Gasteiger partial charge in [-0.3, -0.25) is 0 Å². The van der Waals surface area contributed by atoms with Gasteiger partial charge in [0.15, 0.2) is 0 Å². The van der Waals surface area contributed by atoms with E-state index >= 15 is 0 Å². The summed E-state index contributed by atoms with van der Waals surface area (Å²) in [6.07, 6.45) is 0. The van der Waals surface area contributed by atoms with Gasteiger partial charge in [-0.1, -0.05) is 53.5 Å². The third kappa shape index (κ3) is 2.24. The third-order valence-corrected chi connectivity index (χ3v) is 2.19.